The summed E-state index contributed by atoms with van der Waals surface area (Å²) < 4.78 is 0. The minimum absolute atomic E-state index is 0.0641. The van der Waals surface area contributed by atoms with E-state index in [0.29, 0.717) is 18.8 Å². The van der Waals surface area contributed by atoms with Gasteiger partial charge in [-0.1, -0.05) is 18.2 Å². The number of carbonyl (C=O) groups excluding carboxylic acids is 2. The summed E-state index contributed by atoms with van der Waals surface area (Å²) in [5.74, 6) is -0.174. The van der Waals surface area contributed by atoms with Gasteiger partial charge in [0.15, 0.2) is 0 Å². The Morgan fingerprint density at radius 3 is 2.75 bits per heavy atom. The highest BCUT2D eigenvalue weighted by Gasteiger charge is 2.21. The van der Waals surface area contributed by atoms with Gasteiger partial charge in [0.1, 0.15) is 0 Å². The van der Waals surface area contributed by atoms with Crippen LogP contribution in [0.1, 0.15) is 12.8 Å². The van der Waals surface area contributed by atoms with E-state index in [9.17, 15) is 14.7 Å². The molecule has 1 unspecified atom stereocenters. The van der Waals surface area contributed by atoms with Crippen molar-refractivity contribution in [3.63, 3.8) is 0 Å². The number of carbonyl (C=O) groups is 2. The quantitative estimate of drug-likeness (QED) is 0.764. The fourth-order valence-corrected chi connectivity index (χ4v) is 2.15. The lowest BCUT2D eigenvalue weighted by Gasteiger charge is -2.30. The van der Waals surface area contributed by atoms with Crippen LogP contribution in [-0.2, 0) is 4.79 Å². The van der Waals surface area contributed by atoms with Crippen LogP contribution in [-0.4, -0.2) is 47.7 Å². The Bertz CT molecular complexity index is 464. The topological polar surface area (TPSA) is 81.7 Å². The SMILES string of the molecule is O=C(NCC(=O)N1CCCC(O)C1)Nc1ccccc1. The maximum absolute atomic E-state index is 11.9. The van der Waals surface area contributed by atoms with Crippen molar-refractivity contribution < 1.29 is 14.7 Å². The van der Waals surface area contributed by atoms with Crippen molar-refractivity contribution in [3.8, 4) is 0 Å². The molecule has 0 bridgehead atoms. The van der Waals surface area contributed by atoms with E-state index in [2.05, 4.69) is 10.6 Å². The summed E-state index contributed by atoms with van der Waals surface area (Å²) in [6, 6.07) is 8.60. The van der Waals surface area contributed by atoms with Gasteiger partial charge in [0.2, 0.25) is 5.91 Å². The van der Waals surface area contributed by atoms with Crippen molar-refractivity contribution >= 4 is 17.6 Å². The van der Waals surface area contributed by atoms with E-state index in [4.69, 9.17) is 0 Å². The van der Waals surface area contributed by atoms with E-state index in [1.165, 1.54) is 0 Å². The Hall–Kier alpha value is -2.08. The molecule has 20 heavy (non-hydrogen) atoms. The number of amides is 3. The van der Waals surface area contributed by atoms with Crippen LogP contribution in [0.15, 0.2) is 30.3 Å². The summed E-state index contributed by atoms with van der Waals surface area (Å²) >= 11 is 0. The van der Waals surface area contributed by atoms with Crippen LogP contribution >= 0.6 is 0 Å². The lowest BCUT2D eigenvalue weighted by molar-refractivity contribution is -0.133. The minimum Gasteiger partial charge on any atom is -0.391 e. The van der Waals surface area contributed by atoms with Crippen molar-refractivity contribution in [1.82, 2.24) is 10.2 Å². The molecule has 1 aromatic carbocycles. The number of para-hydroxylation sites is 1. The molecule has 0 radical (unpaired) electrons. The summed E-state index contributed by atoms with van der Waals surface area (Å²) in [6.45, 7) is 0.921. The van der Waals surface area contributed by atoms with Crippen molar-refractivity contribution in [3.05, 3.63) is 30.3 Å². The van der Waals surface area contributed by atoms with Crippen LogP contribution < -0.4 is 10.6 Å². The number of likely N-dealkylation sites (tertiary alicyclic amines) is 1. The van der Waals surface area contributed by atoms with Gasteiger partial charge >= 0.3 is 6.03 Å². The highest BCUT2D eigenvalue weighted by Crippen LogP contribution is 2.09. The largest absolute Gasteiger partial charge is 0.391 e. The van der Waals surface area contributed by atoms with Gasteiger partial charge in [-0.05, 0) is 25.0 Å². The molecule has 1 aliphatic heterocycles. The number of hydrogen-bond acceptors (Lipinski definition) is 3. The summed E-state index contributed by atoms with van der Waals surface area (Å²) in [5, 5.41) is 14.7. The maximum Gasteiger partial charge on any atom is 0.319 e. The predicted molar refractivity (Wildman–Crippen MR) is 75.3 cm³/mol. The average molecular weight is 277 g/mol. The Morgan fingerprint density at radius 2 is 2.05 bits per heavy atom. The zero-order chi connectivity index (χ0) is 14.4. The van der Waals surface area contributed by atoms with Gasteiger partial charge in [0, 0.05) is 18.8 Å². The molecular formula is C14H19N3O3. The third-order valence-electron chi connectivity index (χ3n) is 3.18. The molecule has 0 aliphatic carbocycles. The monoisotopic (exact) mass is 277 g/mol. The first-order valence-electron chi connectivity index (χ1n) is 6.71. The van der Waals surface area contributed by atoms with Crippen LogP contribution in [0, 0.1) is 0 Å². The van der Waals surface area contributed by atoms with Crippen molar-refractivity contribution in [2.24, 2.45) is 0 Å². The van der Waals surface area contributed by atoms with Crippen molar-refractivity contribution in [2.75, 3.05) is 25.0 Å². The van der Waals surface area contributed by atoms with Crippen LogP contribution in [0.25, 0.3) is 0 Å². The normalized spacial score (nSPS) is 18.4. The number of anilines is 1. The standard InChI is InChI=1S/C14H19N3O3/c18-12-7-4-8-17(10-12)13(19)9-15-14(20)16-11-5-2-1-3-6-11/h1-3,5-6,12,18H,4,7-10H2,(H2,15,16,20). The van der Waals surface area contributed by atoms with Crippen LogP contribution in [0.2, 0.25) is 0 Å². The Kier molecular flexibility index (Phi) is 4.95. The average Bonchev–Trinajstić information content (AvgIpc) is 2.46. The first kappa shape index (κ1) is 14.3. The van der Waals surface area contributed by atoms with Crippen molar-refractivity contribution in [2.45, 2.75) is 18.9 Å². The number of β-amino-alcohol motifs (C(OH)–C–C–N with tert-alkyl or cyclic N) is 1. The molecule has 1 aliphatic rings. The first-order valence-corrected chi connectivity index (χ1v) is 6.71. The third kappa shape index (κ3) is 4.24. The number of hydrogen-bond donors (Lipinski definition) is 3. The van der Waals surface area contributed by atoms with Gasteiger partial charge in [-0.3, -0.25) is 4.79 Å². The van der Waals surface area contributed by atoms with E-state index < -0.39 is 12.1 Å². The Balaban J connectivity index is 1.74. The molecule has 1 heterocycles. The third-order valence-corrected chi connectivity index (χ3v) is 3.18. The molecule has 6 nitrogen and oxygen atoms in total. The predicted octanol–water partition coefficient (Wildman–Crippen LogP) is 0.791. The highest BCUT2D eigenvalue weighted by atomic mass is 16.3. The van der Waals surface area contributed by atoms with Gasteiger partial charge < -0.3 is 20.6 Å². The van der Waals surface area contributed by atoms with E-state index >= 15 is 0 Å². The van der Waals surface area contributed by atoms with E-state index in [0.717, 1.165) is 12.8 Å². The van der Waals surface area contributed by atoms with Gasteiger partial charge in [0.25, 0.3) is 0 Å². The number of nitrogens with one attached hydrogen (secondary N) is 2. The minimum atomic E-state index is -0.453. The fourth-order valence-electron chi connectivity index (χ4n) is 2.15. The zero-order valence-corrected chi connectivity index (χ0v) is 11.2. The molecule has 0 saturated carbocycles. The molecule has 6 heteroatoms. The lowest BCUT2D eigenvalue weighted by atomic mass is 10.1. The molecular weight excluding hydrogens is 258 g/mol. The van der Waals surface area contributed by atoms with E-state index in [1.807, 2.05) is 18.2 Å². The van der Waals surface area contributed by atoms with Gasteiger partial charge in [0.05, 0.1) is 12.6 Å². The molecule has 2 rings (SSSR count). The smallest absolute Gasteiger partial charge is 0.319 e. The fraction of sp³-hybridized carbons (Fsp3) is 0.429. The molecule has 108 valence electrons. The second-order valence-corrected chi connectivity index (χ2v) is 4.81. The number of urea groups is 1. The molecule has 3 N–H and O–H groups in total. The second kappa shape index (κ2) is 6.91. The maximum atomic E-state index is 11.9. The number of aliphatic hydroxyl groups is 1. The molecule has 1 aromatic rings. The van der Waals surface area contributed by atoms with Crippen molar-refractivity contribution in [1.29, 1.82) is 0 Å². The highest BCUT2D eigenvalue weighted by molar-refractivity contribution is 5.92. The molecule has 0 aromatic heterocycles. The number of aliphatic hydroxyl groups excluding tert-OH is 1. The van der Waals surface area contributed by atoms with E-state index in [1.54, 1.807) is 17.0 Å². The second-order valence-electron chi connectivity index (χ2n) is 4.81. The summed E-state index contributed by atoms with van der Waals surface area (Å²) in [6.07, 6.45) is 1.07. The van der Waals surface area contributed by atoms with Crippen LogP contribution in [0.5, 0.6) is 0 Å². The van der Waals surface area contributed by atoms with Gasteiger partial charge in [-0.25, -0.2) is 4.79 Å². The summed E-state index contributed by atoms with van der Waals surface area (Å²) in [5.41, 5.74) is 0.672. The van der Waals surface area contributed by atoms with Gasteiger partial charge in [-0.15, -0.1) is 0 Å². The molecule has 1 atom stereocenters. The Morgan fingerprint density at radius 1 is 1.30 bits per heavy atom. The first-order chi connectivity index (χ1) is 9.65. The van der Waals surface area contributed by atoms with Crippen LogP contribution in [0.3, 0.4) is 0 Å². The number of piperidine rings is 1. The summed E-state index contributed by atoms with van der Waals surface area (Å²) in [4.78, 5) is 25.1. The summed E-state index contributed by atoms with van der Waals surface area (Å²) in [7, 11) is 0. The number of benzene rings is 1. The molecule has 3 amide bonds. The Labute approximate surface area is 117 Å². The molecule has 1 fully saturated rings. The zero-order valence-electron chi connectivity index (χ0n) is 11.2. The van der Waals surface area contributed by atoms with Crippen LogP contribution in [0.4, 0.5) is 10.5 Å². The lowest BCUT2D eigenvalue weighted by Crippen LogP contribution is -2.47. The van der Waals surface area contributed by atoms with Gasteiger partial charge in [-0.2, -0.15) is 0 Å². The van der Waals surface area contributed by atoms with E-state index in [-0.39, 0.29) is 12.5 Å². The number of rotatable bonds is 3. The molecule has 1 saturated heterocycles. The molecule has 0 spiro atoms. The number of nitrogens with zero attached hydrogens (tertiary/aromatic N) is 1.